The lowest BCUT2D eigenvalue weighted by Crippen LogP contribution is -2.45. The van der Waals surface area contributed by atoms with Gasteiger partial charge in [0.1, 0.15) is 6.04 Å². The molecule has 20 heavy (non-hydrogen) atoms. The van der Waals surface area contributed by atoms with Gasteiger partial charge in [0.05, 0.1) is 0 Å². The number of rotatable bonds is 3. The Balaban J connectivity index is 1.79. The third-order valence-corrected chi connectivity index (χ3v) is 4.69. The zero-order chi connectivity index (χ0) is 14.1. The number of nitrogens with one attached hydrogen (secondary N) is 1. The van der Waals surface area contributed by atoms with Crippen LogP contribution < -0.4 is 5.32 Å². The van der Waals surface area contributed by atoms with Crippen LogP contribution >= 0.6 is 15.9 Å². The maximum atomic E-state index is 12.6. The molecule has 2 amide bonds. The van der Waals surface area contributed by atoms with Gasteiger partial charge in [0.15, 0.2) is 0 Å². The second kappa shape index (κ2) is 5.56. The summed E-state index contributed by atoms with van der Waals surface area (Å²) >= 11 is 3.51. The van der Waals surface area contributed by atoms with Crippen LogP contribution in [0.25, 0.3) is 0 Å². The summed E-state index contributed by atoms with van der Waals surface area (Å²) in [5.41, 5.74) is 1.07. The highest BCUT2D eigenvalue weighted by molar-refractivity contribution is 9.10. The van der Waals surface area contributed by atoms with Crippen LogP contribution in [0.3, 0.4) is 0 Å². The Hall–Kier alpha value is -1.36. The molecule has 1 heterocycles. The molecule has 1 aliphatic heterocycles. The summed E-state index contributed by atoms with van der Waals surface area (Å²) in [6.45, 7) is 1.05. The van der Waals surface area contributed by atoms with Crippen molar-refractivity contribution in [3.8, 4) is 0 Å². The van der Waals surface area contributed by atoms with Crippen LogP contribution in [0.15, 0.2) is 28.7 Å². The Kier molecular flexibility index (Phi) is 3.78. The van der Waals surface area contributed by atoms with Crippen molar-refractivity contribution in [2.45, 2.75) is 31.8 Å². The maximum Gasteiger partial charge on any atom is 0.245 e. The van der Waals surface area contributed by atoms with E-state index in [2.05, 4.69) is 21.2 Å². The van der Waals surface area contributed by atoms with Crippen LogP contribution in [0.2, 0.25) is 0 Å². The Morgan fingerprint density at radius 1 is 1.25 bits per heavy atom. The highest BCUT2D eigenvalue weighted by Gasteiger charge is 2.40. The Morgan fingerprint density at radius 3 is 2.70 bits per heavy atom. The van der Waals surface area contributed by atoms with E-state index in [9.17, 15) is 9.59 Å². The lowest BCUT2D eigenvalue weighted by molar-refractivity contribution is -0.134. The zero-order valence-electron chi connectivity index (χ0n) is 11.1. The molecule has 5 heteroatoms. The van der Waals surface area contributed by atoms with Gasteiger partial charge in [-0.2, -0.15) is 0 Å². The average molecular weight is 337 g/mol. The number of nitrogens with zero attached hydrogens (tertiary/aromatic N) is 1. The van der Waals surface area contributed by atoms with Gasteiger partial charge >= 0.3 is 0 Å². The molecule has 0 bridgehead atoms. The SMILES string of the molecule is O=C1CCN(Cc2ccccc2Br)C(=O)C(C2CC2)N1. The number of halogens is 1. The van der Waals surface area contributed by atoms with E-state index in [1.807, 2.05) is 24.3 Å². The largest absolute Gasteiger partial charge is 0.344 e. The van der Waals surface area contributed by atoms with Crippen molar-refractivity contribution >= 4 is 27.7 Å². The molecule has 0 radical (unpaired) electrons. The molecule has 1 aliphatic carbocycles. The molecular formula is C15H17BrN2O2. The third-order valence-electron chi connectivity index (χ3n) is 3.92. The first-order valence-corrected chi connectivity index (χ1v) is 7.76. The van der Waals surface area contributed by atoms with E-state index in [-0.39, 0.29) is 17.9 Å². The predicted octanol–water partition coefficient (Wildman–Crippen LogP) is 2.08. The maximum absolute atomic E-state index is 12.6. The van der Waals surface area contributed by atoms with E-state index in [4.69, 9.17) is 0 Å². The number of carbonyl (C=O) groups is 2. The Labute approximate surface area is 126 Å². The first kappa shape index (κ1) is 13.6. The lowest BCUT2D eigenvalue weighted by Gasteiger charge is -2.24. The zero-order valence-corrected chi connectivity index (χ0v) is 12.7. The van der Waals surface area contributed by atoms with Gasteiger partial charge in [-0.1, -0.05) is 34.1 Å². The molecule has 2 fully saturated rings. The highest BCUT2D eigenvalue weighted by atomic mass is 79.9. The minimum atomic E-state index is -0.313. The summed E-state index contributed by atoms with van der Waals surface area (Å²) in [7, 11) is 0. The summed E-state index contributed by atoms with van der Waals surface area (Å²) < 4.78 is 0.999. The molecule has 1 saturated carbocycles. The van der Waals surface area contributed by atoms with Gasteiger partial charge in [-0.25, -0.2) is 0 Å². The van der Waals surface area contributed by atoms with Gasteiger partial charge in [-0.15, -0.1) is 0 Å². The minimum absolute atomic E-state index is 0.00937. The topological polar surface area (TPSA) is 49.4 Å². The van der Waals surface area contributed by atoms with E-state index in [0.29, 0.717) is 25.4 Å². The van der Waals surface area contributed by atoms with Crippen molar-refractivity contribution in [2.75, 3.05) is 6.54 Å². The van der Waals surface area contributed by atoms with E-state index < -0.39 is 0 Å². The molecule has 1 atom stereocenters. The third kappa shape index (κ3) is 2.87. The molecule has 1 N–H and O–H groups in total. The Bertz CT molecular complexity index is 542. The molecule has 0 aromatic heterocycles. The van der Waals surface area contributed by atoms with Gasteiger partial charge in [0.2, 0.25) is 11.8 Å². The van der Waals surface area contributed by atoms with Crippen molar-refractivity contribution in [1.82, 2.24) is 10.2 Å². The second-order valence-corrected chi connectivity index (χ2v) is 6.34. The molecule has 2 aliphatic rings. The summed E-state index contributed by atoms with van der Waals surface area (Å²) in [4.78, 5) is 26.1. The normalized spacial score (nSPS) is 23.4. The summed E-state index contributed by atoms with van der Waals surface area (Å²) in [5.74, 6) is 0.394. The highest BCUT2D eigenvalue weighted by Crippen LogP contribution is 2.34. The number of carbonyl (C=O) groups excluding carboxylic acids is 2. The number of hydrogen-bond acceptors (Lipinski definition) is 2. The van der Waals surface area contributed by atoms with Crippen molar-refractivity contribution in [1.29, 1.82) is 0 Å². The average Bonchev–Trinajstić information content (AvgIpc) is 3.26. The van der Waals surface area contributed by atoms with Crippen LogP contribution in [0.5, 0.6) is 0 Å². The number of amides is 2. The van der Waals surface area contributed by atoms with Crippen molar-refractivity contribution in [2.24, 2.45) is 5.92 Å². The van der Waals surface area contributed by atoms with E-state index in [1.54, 1.807) is 4.90 Å². The summed E-state index contributed by atoms with van der Waals surface area (Å²) in [5, 5.41) is 2.88. The molecule has 1 unspecified atom stereocenters. The first-order chi connectivity index (χ1) is 9.65. The molecule has 4 nitrogen and oxygen atoms in total. The second-order valence-electron chi connectivity index (χ2n) is 5.48. The molecule has 0 spiro atoms. The van der Waals surface area contributed by atoms with E-state index in [1.165, 1.54) is 0 Å². The molecule has 1 aromatic rings. The van der Waals surface area contributed by atoms with Crippen molar-refractivity contribution < 1.29 is 9.59 Å². The number of benzene rings is 1. The van der Waals surface area contributed by atoms with E-state index >= 15 is 0 Å². The molecule has 3 rings (SSSR count). The van der Waals surface area contributed by atoms with Crippen molar-refractivity contribution in [3.05, 3.63) is 34.3 Å². The predicted molar refractivity (Wildman–Crippen MR) is 78.8 cm³/mol. The molecular weight excluding hydrogens is 320 g/mol. The van der Waals surface area contributed by atoms with Crippen molar-refractivity contribution in [3.63, 3.8) is 0 Å². The standard InChI is InChI=1S/C15H17BrN2O2/c16-12-4-2-1-3-11(12)9-18-8-7-13(19)17-14(15(18)20)10-5-6-10/h1-4,10,14H,5-9H2,(H,17,19). The fraction of sp³-hybridized carbons (Fsp3) is 0.467. The van der Waals surface area contributed by atoms with Gasteiger partial charge in [-0.05, 0) is 30.4 Å². The van der Waals surface area contributed by atoms with Crippen LogP contribution in [0.4, 0.5) is 0 Å². The number of hydrogen-bond donors (Lipinski definition) is 1. The van der Waals surface area contributed by atoms with E-state index in [0.717, 1.165) is 22.9 Å². The summed E-state index contributed by atoms with van der Waals surface area (Å²) in [6.07, 6.45) is 2.47. The molecule has 1 saturated heterocycles. The van der Waals surface area contributed by atoms with Gasteiger partial charge in [0.25, 0.3) is 0 Å². The van der Waals surface area contributed by atoms with Crippen LogP contribution in [-0.2, 0) is 16.1 Å². The van der Waals surface area contributed by atoms with Crippen LogP contribution in [0, 0.1) is 5.92 Å². The Morgan fingerprint density at radius 2 is 2.00 bits per heavy atom. The smallest absolute Gasteiger partial charge is 0.245 e. The lowest BCUT2D eigenvalue weighted by atomic mass is 10.1. The van der Waals surface area contributed by atoms with Gasteiger partial charge in [0, 0.05) is 24.0 Å². The first-order valence-electron chi connectivity index (χ1n) is 6.96. The minimum Gasteiger partial charge on any atom is -0.344 e. The quantitative estimate of drug-likeness (QED) is 0.918. The fourth-order valence-corrected chi connectivity index (χ4v) is 3.00. The molecule has 106 valence electrons. The van der Waals surface area contributed by atoms with Gasteiger partial charge < -0.3 is 10.2 Å². The van der Waals surface area contributed by atoms with Crippen LogP contribution in [-0.4, -0.2) is 29.3 Å². The van der Waals surface area contributed by atoms with Gasteiger partial charge in [-0.3, -0.25) is 9.59 Å². The molecule has 1 aromatic carbocycles. The fourth-order valence-electron chi connectivity index (χ4n) is 2.59. The van der Waals surface area contributed by atoms with Crippen LogP contribution in [0.1, 0.15) is 24.8 Å². The summed E-state index contributed by atoms with van der Waals surface area (Å²) in [6, 6.07) is 7.58. The monoisotopic (exact) mass is 336 g/mol.